The highest BCUT2D eigenvalue weighted by molar-refractivity contribution is 7.90. The average Bonchev–Trinajstić information content (AvgIpc) is 2.60. The summed E-state index contributed by atoms with van der Waals surface area (Å²) < 4.78 is 27.9. The molecule has 0 heterocycles. The molecule has 2 aromatic carbocycles. The Morgan fingerprint density at radius 2 is 1.72 bits per heavy atom. The van der Waals surface area contributed by atoms with Crippen LogP contribution in [0.1, 0.15) is 11.1 Å². The molecule has 0 saturated carbocycles. The number of carbonyl (C=O) groups excluding carboxylic acids is 2. The summed E-state index contributed by atoms with van der Waals surface area (Å²) in [5.41, 5.74) is 1.57. The van der Waals surface area contributed by atoms with Crippen molar-refractivity contribution in [3.63, 3.8) is 0 Å². The first-order chi connectivity index (χ1) is 11.9. The summed E-state index contributed by atoms with van der Waals surface area (Å²) in [5.74, 6) is 0. The lowest BCUT2D eigenvalue weighted by atomic mass is 10.1. The molecule has 132 valence electrons. The maximum Gasteiger partial charge on any atom is 0.408 e. The highest BCUT2D eigenvalue weighted by atomic mass is 32.2. The summed E-state index contributed by atoms with van der Waals surface area (Å²) in [7, 11) is -3.27. The third-order valence-corrected chi connectivity index (χ3v) is 4.62. The number of nitrogens with one attached hydrogen (secondary N) is 1. The number of rotatable bonds is 7. The van der Waals surface area contributed by atoms with E-state index in [1.165, 1.54) is 12.1 Å². The van der Waals surface area contributed by atoms with Crippen LogP contribution in [0.2, 0.25) is 0 Å². The van der Waals surface area contributed by atoms with Crippen LogP contribution < -0.4 is 5.32 Å². The first kappa shape index (κ1) is 18.7. The molecule has 6 nitrogen and oxygen atoms in total. The van der Waals surface area contributed by atoms with Crippen LogP contribution in [-0.2, 0) is 32.4 Å². The molecule has 1 N–H and O–H groups in total. The monoisotopic (exact) mass is 361 g/mol. The number of sulfone groups is 1. The number of ether oxygens (including phenoxy) is 1. The fraction of sp³-hybridized carbons (Fsp3) is 0.222. The zero-order chi connectivity index (χ0) is 18.3. The zero-order valence-electron chi connectivity index (χ0n) is 13.7. The van der Waals surface area contributed by atoms with Crippen molar-refractivity contribution < 1.29 is 22.7 Å². The molecule has 0 saturated heterocycles. The molecule has 7 heteroatoms. The van der Waals surface area contributed by atoms with E-state index in [-0.39, 0.29) is 17.9 Å². The van der Waals surface area contributed by atoms with E-state index in [0.29, 0.717) is 6.29 Å². The molecule has 2 aromatic rings. The van der Waals surface area contributed by atoms with Crippen molar-refractivity contribution in [1.82, 2.24) is 5.32 Å². The third kappa shape index (κ3) is 6.04. The minimum Gasteiger partial charge on any atom is -0.445 e. The fourth-order valence-corrected chi connectivity index (χ4v) is 2.81. The number of alkyl carbamates (subject to hydrolysis) is 1. The molecule has 0 spiro atoms. The Labute approximate surface area is 146 Å². The Balaban J connectivity index is 1.89. The van der Waals surface area contributed by atoms with Gasteiger partial charge in [0, 0.05) is 6.26 Å². The van der Waals surface area contributed by atoms with Crippen LogP contribution in [0.15, 0.2) is 59.5 Å². The van der Waals surface area contributed by atoms with Crippen LogP contribution in [0.4, 0.5) is 4.79 Å². The molecule has 0 bridgehead atoms. The third-order valence-electron chi connectivity index (χ3n) is 3.49. The van der Waals surface area contributed by atoms with Gasteiger partial charge in [-0.05, 0) is 29.7 Å². The molecule has 0 aliphatic rings. The van der Waals surface area contributed by atoms with Crippen molar-refractivity contribution >= 4 is 22.2 Å². The number of hydrogen-bond donors (Lipinski definition) is 1. The van der Waals surface area contributed by atoms with Gasteiger partial charge in [-0.1, -0.05) is 42.5 Å². The molecule has 1 atom stereocenters. The predicted molar refractivity (Wildman–Crippen MR) is 92.9 cm³/mol. The fourth-order valence-electron chi connectivity index (χ4n) is 2.18. The molecular formula is C18H19NO5S. The van der Waals surface area contributed by atoms with Gasteiger partial charge in [-0.25, -0.2) is 13.2 Å². The van der Waals surface area contributed by atoms with E-state index in [0.717, 1.165) is 17.4 Å². The van der Waals surface area contributed by atoms with Gasteiger partial charge in [-0.2, -0.15) is 0 Å². The molecule has 1 amide bonds. The van der Waals surface area contributed by atoms with Crippen molar-refractivity contribution in [2.45, 2.75) is 24.0 Å². The smallest absolute Gasteiger partial charge is 0.408 e. The normalized spacial score (nSPS) is 12.2. The van der Waals surface area contributed by atoms with Crippen LogP contribution in [0.3, 0.4) is 0 Å². The largest absolute Gasteiger partial charge is 0.445 e. The topological polar surface area (TPSA) is 89.5 Å². The summed E-state index contributed by atoms with van der Waals surface area (Å²) in [4.78, 5) is 23.2. The van der Waals surface area contributed by atoms with Crippen LogP contribution in [0.25, 0.3) is 0 Å². The standard InChI is InChI=1S/C18H19NO5S/c1-25(22,23)17-9-7-14(8-10-17)11-16(12-20)19-18(21)24-13-15-5-3-2-4-6-15/h2-10,12,16H,11,13H2,1H3,(H,19,21)/t16-/m1/s1. The number of carbonyl (C=O) groups is 2. The molecule has 0 unspecified atom stereocenters. The Kier molecular flexibility index (Phi) is 6.30. The van der Waals surface area contributed by atoms with Crippen molar-refractivity contribution in [2.24, 2.45) is 0 Å². The second-order valence-corrected chi connectivity index (χ2v) is 7.58. The number of benzene rings is 2. The van der Waals surface area contributed by atoms with Gasteiger partial charge in [-0.3, -0.25) is 0 Å². The van der Waals surface area contributed by atoms with Crippen LogP contribution in [0.5, 0.6) is 0 Å². The maximum atomic E-state index is 11.8. The van der Waals surface area contributed by atoms with Crippen LogP contribution in [-0.4, -0.2) is 33.1 Å². The Bertz CT molecular complexity index is 816. The van der Waals surface area contributed by atoms with Gasteiger partial charge in [0.05, 0.1) is 10.9 Å². The lowest BCUT2D eigenvalue weighted by Crippen LogP contribution is -2.37. The number of amides is 1. The molecule has 0 aliphatic carbocycles. The van der Waals surface area contributed by atoms with Gasteiger partial charge in [0.25, 0.3) is 0 Å². The summed E-state index contributed by atoms with van der Waals surface area (Å²) in [6, 6.07) is 14.6. The molecule has 0 aliphatic heterocycles. The Morgan fingerprint density at radius 1 is 1.08 bits per heavy atom. The van der Waals surface area contributed by atoms with Crippen LogP contribution in [0, 0.1) is 0 Å². The first-order valence-corrected chi connectivity index (χ1v) is 9.49. The molecule has 25 heavy (non-hydrogen) atoms. The predicted octanol–water partition coefficient (Wildman–Crippen LogP) is 2.13. The summed E-state index contributed by atoms with van der Waals surface area (Å²) in [6.45, 7) is 0.112. The molecule has 0 radical (unpaired) electrons. The Morgan fingerprint density at radius 3 is 2.28 bits per heavy atom. The van der Waals surface area contributed by atoms with Gasteiger partial charge >= 0.3 is 6.09 Å². The molecular weight excluding hydrogens is 342 g/mol. The highest BCUT2D eigenvalue weighted by Gasteiger charge is 2.14. The quantitative estimate of drug-likeness (QED) is 0.763. The number of hydrogen-bond acceptors (Lipinski definition) is 5. The molecule has 2 rings (SSSR count). The summed E-state index contributed by atoms with van der Waals surface area (Å²) in [6.07, 6.45) is 1.30. The zero-order valence-corrected chi connectivity index (χ0v) is 14.5. The lowest BCUT2D eigenvalue weighted by Gasteiger charge is -2.13. The summed E-state index contributed by atoms with van der Waals surface area (Å²) in [5, 5.41) is 2.48. The lowest BCUT2D eigenvalue weighted by molar-refractivity contribution is -0.109. The Hall–Kier alpha value is -2.67. The van der Waals surface area contributed by atoms with Gasteiger partial charge in [-0.15, -0.1) is 0 Å². The van der Waals surface area contributed by atoms with Crippen molar-refractivity contribution in [3.05, 3.63) is 65.7 Å². The number of aldehydes is 1. The molecule has 0 aromatic heterocycles. The van der Waals surface area contributed by atoms with E-state index in [9.17, 15) is 18.0 Å². The van der Waals surface area contributed by atoms with Gasteiger partial charge in [0.15, 0.2) is 9.84 Å². The SMILES string of the molecule is CS(=O)(=O)c1ccc(C[C@H](C=O)NC(=O)OCc2ccccc2)cc1. The second-order valence-electron chi connectivity index (χ2n) is 5.57. The van der Waals surface area contributed by atoms with Crippen molar-refractivity contribution in [2.75, 3.05) is 6.26 Å². The van der Waals surface area contributed by atoms with Gasteiger partial charge in [0.1, 0.15) is 12.9 Å². The van der Waals surface area contributed by atoms with Gasteiger partial charge in [0.2, 0.25) is 0 Å². The maximum absolute atomic E-state index is 11.8. The minimum absolute atomic E-state index is 0.112. The van der Waals surface area contributed by atoms with Crippen molar-refractivity contribution in [3.8, 4) is 0 Å². The van der Waals surface area contributed by atoms with E-state index in [1.54, 1.807) is 12.1 Å². The van der Waals surface area contributed by atoms with E-state index >= 15 is 0 Å². The van der Waals surface area contributed by atoms with E-state index in [2.05, 4.69) is 5.32 Å². The summed E-state index contributed by atoms with van der Waals surface area (Å²) >= 11 is 0. The van der Waals surface area contributed by atoms with E-state index in [1.807, 2.05) is 30.3 Å². The van der Waals surface area contributed by atoms with Crippen molar-refractivity contribution in [1.29, 1.82) is 0 Å². The van der Waals surface area contributed by atoms with E-state index < -0.39 is 22.0 Å². The van der Waals surface area contributed by atoms with Gasteiger partial charge < -0.3 is 14.8 Å². The highest BCUT2D eigenvalue weighted by Crippen LogP contribution is 2.11. The molecule has 0 fully saturated rings. The average molecular weight is 361 g/mol. The second kappa shape index (κ2) is 8.43. The van der Waals surface area contributed by atoms with E-state index in [4.69, 9.17) is 4.74 Å². The van der Waals surface area contributed by atoms with Crippen LogP contribution >= 0.6 is 0 Å². The first-order valence-electron chi connectivity index (χ1n) is 7.60. The minimum atomic E-state index is -3.27.